The number of anilines is 1. The van der Waals surface area contributed by atoms with Crippen molar-refractivity contribution in [3.05, 3.63) is 54.7 Å². The molecule has 1 atom stereocenters. The predicted octanol–water partition coefficient (Wildman–Crippen LogP) is 2.76. The van der Waals surface area contributed by atoms with Gasteiger partial charge in [-0.15, -0.1) is 0 Å². The van der Waals surface area contributed by atoms with Gasteiger partial charge in [0.05, 0.1) is 20.3 Å². The first-order chi connectivity index (χ1) is 15.1. The summed E-state index contributed by atoms with van der Waals surface area (Å²) in [5.41, 5.74) is 1.85. The maximum absolute atomic E-state index is 12.5. The van der Waals surface area contributed by atoms with Gasteiger partial charge in [0.2, 0.25) is 5.91 Å². The number of para-hydroxylation sites is 1. The van der Waals surface area contributed by atoms with E-state index in [9.17, 15) is 9.59 Å². The summed E-state index contributed by atoms with van der Waals surface area (Å²) >= 11 is 0. The van der Waals surface area contributed by atoms with Crippen molar-refractivity contribution in [2.45, 2.75) is 19.0 Å². The van der Waals surface area contributed by atoms with Crippen LogP contribution in [0.1, 0.15) is 6.42 Å². The lowest BCUT2D eigenvalue weighted by Gasteiger charge is -2.19. The van der Waals surface area contributed by atoms with Gasteiger partial charge < -0.3 is 29.6 Å². The Morgan fingerprint density at radius 2 is 1.90 bits per heavy atom. The van der Waals surface area contributed by atoms with Gasteiger partial charge in [-0.2, -0.15) is 0 Å². The van der Waals surface area contributed by atoms with E-state index in [1.807, 2.05) is 24.4 Å². The highest BCUT2D eigenvalue weighted by Gasteiger charge is 2.32. The summed E-state index contributed by atoms with van der Waals surface area (Å²) in [5, 5.41) is 6.95. The summed E-state index contributed by atoms with van der Waals surface area (Å²) in [6.07, 6.45) is 2.27. The molecule has 2 heterocycles. The van der Waals surface area contributed by atoms with E-state index >= 15 is 0 Å². The standard InChI is InChI=1S/C23H26N4O4/c1-30-20-8-7-18(14-21(20)31-2)27-15-17(13-22(27)28)25-23(29)24-10-12-26-11-9-16-5-3-4-6-19(16)26/h3-9,11,14,17H,10,12-13,15H2,1-2H3,(H2,24,25,29)/t17-/m1/s1. The number of carbonyl (C=O) groups is 2. The topological polar surface area (TPSA) is 84.8 Å². The van der Waals surface area contributed by atoms with Gasteiger partial charge in [-0.25, -0.2) is 4.79 Å². The Morgan fingerprint density at radius 1 is 1.10 bits per heavy atom. The van der Waals surface area contributed by atoms with Crippen LogP contribution in [0.2, 0.25) is 0 Å². The molecule has 0 radical (unpaired) electrons. The zero-order valence-corrected chi connectivity index (χ0v) is 17.6. The molecule has 8 nitrogen and oxygen atoms in total. The molecular weight excluding hydrogens is 396 g/mol. The van der Waals surface area contributed by atoms with Crippen LogP contribution in [-0.2, 0) is 11.3 Å². The van der Waals surface area contributed by atoms with E-state index in [0.29, 0.717) is 36.8 Å². The average molecular weight is 422 g/mol. The number of rotatable bonds is 7. The average Bonchev–Trinajstić information content (AvgIpc) is 3.36. The van der Waals surface area contributed by atoms with Gasteiger partial charge in [0.1, 0.15) is 0 Å². The van der Waals surface area contributed by atoms with Crippen molar-refractivity contribution >= 4 is 28.5 Å². The van der Waals surface area contributed by atoms with Crippen LogP contribution in [0.5, 0.6) is 11.5 Å². The van der Waals surface area contributed by atoms with Crippen molar-refractivity contribution < 1.29 is 19.1 Å². The van der Waals surface area contributed by atoms with Crippen LogP contribution < -0.4 is 25.0 Å². The third kappa shape index (κ3) is 4.42. The normalized spacial score (nSPS) is 15.9. The fourth-order valence-corrected chi connectivity index (χ4v) is 3.91. The summed E-state index contributed by atoms with van der Waals surface area (Å²) in [6.45, 7) is 1.57. The van der Waals surface area contributed by atoms with E-state index in [1.54, 1.807) is 31.3 Å². The number of ether oxygens (including phenoxy) is 2. The maximum Gasteiger partial charge on any atom is 0.315 e. The summed E-state index contributed by atoms with van der Waals surface area (Å²) in [7, 11) is 3.12. The predicted molar refractivity (Wildman–Crippen MR) is 119 cm³/mol. The first kappa shape index (κ1) is 20.6. The summed E-state index contributed by atoms with van der Waals surface area (Å²) in [5.74, 6) is 1.11. The van der Waals surface area contributed by atoms with E-state index in [1.165, 1.54) is 5.39 Å². The molecule has 8 heteroatoms. The van der Waals surface area contributed by atoms with Gasteiger partial charge in [0.25, 0.3) is 0 Å². The Hall–Kier alpha value is -3.68. The first-order valence-electron chi connectivity index (χ1n) is 10.2. The number of amides is 3. The second-order valence-electron chi connectivity index (χ2n) is 7.41. The molecule has 3 aromatic rings. The Morgan fingerprint density at radius 3 is 2.71 bits per heavy atom. The number of nitrogens with one attached hydrogen (secondary N) is 2. The van der Waals surface area contributed by atoms with Gasteiger partial charge in [-0.3, -0.25) is 4.79 Å². The minimum atomic E-state index is -0.275. The highest BCUT2D eigenvalue weighted by atomic mass is 16.5. The van der Waals surface area contributed by atoms with Gasteiger partial charge in [0, 0.05) is 49.5 Å². The number of hydrogen-bond donors (Lipinski definition) is 2. The molecule has 2 aromatic carbocycles. The SMILES string of the molecule is COc1ccc(N2C[C@H](NC(=O)NCCn3ccc4ccccc43)CC2=O)cc1OC. The number of hydrogen-bond acceptors (Lipinski definition) is 4. The summed E-state index contributed by atoms with van der Waals surface area (Å²) in [4.78, 5) is 26.5. The smallest absolute Gasteiger partial charge is 0.315 e. The van der Waals surface area contributed by atoms with Gasteiger partial charge in [-0.1, -0.05) is 18.2 Å². The molecule has 0 saturated carbocycles. The zero-order valence-electron chi connectivity index (χ0n) is 17.6. The van der Waals surface area contributed by atoms with Crippen LogP contribution >= 0.6 is 0 Å². The maximum atomic E-state index is 12.5. The number of benzene rings is 2. The fourth-order valence-electron chi connectivity index (χ4n) is 3.91. The fraction of sp³-hybridized carbons (Fsp3) is 0.304. The van der Waals surface area contributed by atoms with E-state index in [0.717, 1.165) is 5.52 Å². The summed E-state index contributed by atoms with van der Waals surface area (Å²) in [6, 6.07) is 15.0. The molecule has 0 bridgehead atoms. The molecule has 1 fully saturated rings. The highest BCUT2D eigenvalue weighted by Crippen LogP contribution is 2.33. The molecule has 1 aliphatic heterocycles. The van der Waals surface area contributed by atoms with Crippen molar-refractivity contribution in [1.29, 1.82) is 0 Å². The quantitative estimate of drug-likeness (QED) is 0.613. The lowest BCUT2D eigenvalue weighted by molar-refractivity contribution is -0.117. The minimum absolute atomic E-state index is 0.0451. The number of nitrogens with zero attached hydrogens (tertiary/aromatic N) is 2. The van der Waals surface area contributed by atoms with Gasteiger partial charge in [-0.05, 0) is 29.7 Å². The largest absolute Gasteiger partial charge is 0.493 e. The van der Waals surface area contributed by atoms with Crippen molar-refractivity contribution in [2.24, 2.45) is 0 Å². The van der Waals surface area contributed by atoms with Gasteiger partial charge >= 0.3 is 6.03 Å². The lowest BCUT2D eigenvalue weighted by Crippen LogP contribution is -2.44. The first-order valence-corrected chi connectivity index (χ1v) is 10.2. The van der Waals surface area contributed by atoms with Crippen molar-refractivity contribution in [1.82, 2.24) is 15.2 Å². The Labute approximate surface area is 180 Å². The summed E-state index contributed by atoms with van der Waals surface area (Å²) < 4.78 is 12.7. The van der Waals surface area contributed by atoms with Crippen molar-refractivity contribution in [3.63, 3.8) is 0 Å². The van der Waals surface area contributed by atoms with Crippen LogP contribution in [-0.4, -0.2) is 49.9 Å². The molecule has 0 aliphatic carbocycles. The van der Waals surface area contributed by atoms with Gasteiger partial charge in [0.15, 0.2) is 11.5 Å². The van der Waals surface area contributed by atoms with Crippen molar-refractivity contribution in [3.8, 4) is 11.5 Å². The van der Waals surface area contributed by atoms with Crippen molar-refractivity contribution in [2.75, 3.05) is 32.2 Å². The minimum Gasteiger partial charge on any atom is -0.493 e. The van der Waals surface area contributed by atoms with Crippen LogP contribution in [0.15, 0.2) is 54.7 Å². The van der Waals surface area contributed by atoms with Crippen LogP contribution in [0.25, 0.3) is 10.9 Å². The second kappa shape index (κ2) is 8.99. The molecule has 3 amide bonds. The molecular formula is C23H26N4O4. The molecule has 0 unspecified atom stereocenters. The Balaban J connectivity index is 1.30. The molecule has 2 N–H and O–H groups in total. The van der Waals surface area contributed by atoms with Crippen LogP contribution in [0.3, 0.4) is 0 Å². The van der Waals surface area contributed by atoms with Crippen LogP contribution in [0.4, 0.5) is 10.5 Å². The molecule has 0 spiro atoms. The molecule has 4 rings (SSSR count). The van der Waals surface area contributed by atoms with E-state index < -0.39 is 0 Å². The highest BCUT2D eigenvalue weighted by molar-refractivity contribution is 5.97. The molecule has 1 aromatic heterocycles. The number of aromatic nitrogens is 1. The lowest BCUT2D eigenvalue weighted by atomic mass is 10.2. The molecule has 31 heavy (non-hydrogen) atoms. The second-order valence-corrected chi connectivity index (χ2v) is 7.41. The number of fused-ring (bicyclic) bond motifs is 1. The third-order valence-electron chi connectivity index (χ3n) is 5.46. The monoisotopic (exact) mass is 422 g/mol. The van der Waals surface area contributed by atoms with E-state index in [-0.39, 0.29) is 24.4 Å². The molecule has 162 valence electrons. The zero-order chi connectivity index (χ0) is 21.8. The Kier molecular flexibility index (Phi) is 5.97. The third-order valence-corrected chi connectivity index (χ3v) is 5.46. The number of carbonyl (C=O) groups excluding carboxylic acids is 2. The van der Waals surface area contributed by atoms with Crippen LogP contribution in [0, 0.1) is 0 Å². The number of urea groups is 1. The molecule has 1 aliphatic rings. The Bertz CT molecular complexity index is 1090. The van der Waals surface area contributed by atoms with E-state index in [2.05, 4.69) is 33.4 Å². The molecule has 1 saturated heterocycles. The number of methoxy groups -OCH3 is 2. The van der Waals surface area contributed by atoms with E-state index in [4.69, 9.17) is 9.47 Å².